The van der Waals surface area contributed by atoms with Gasteiger partial charge in [0.2, 0.25) is 10.0 Å². The number of fused-ring (bicyclic) bond motifs is 3. The Morgan fingerprint density at radius 1 is 1.07 bits per heavy atom. The van der Waals surface area contributed by atoms with E-state index < -0.39 is 10.0 Å². The molecule has 1 aliphatic carbocycles. The number of nitrogens with one attached hydrogen (secondary N) is 1. The van der Waals surface area contributed by atoms with Crippen LogP contribution >= 0.6 is 0 Å². The van der Waals surface area contributed by atoms with Crippen molar-refractivity contribution in [3.8, 4) is 0 Å². The highest BCUT2D eigenvalue weighted by Crippen LogP contribution is 2.51. The molecule has 3 atom stereocenters. The number of nitrogens with zero attached hydrogens (tertiary/aromatic N) is 2. The number of hydrogen-bond acceptors (Lipinski definition) is 5. The summed E-state index contributed by atoms with van der Waals surface area (Å²) in [5.41, 5.74) is 2.56. The van der Waals surface area contributed by atoms with Crippen molar-refractivity contribution in [1.82, 2.24) is 4.31 Å². The quantitative estimate of drug-likeness (QED) is 0.450. The van der Waals surface area contributed by atoms with Crippen LogP contribution in [0.4, 0.5) is 11.4 Å². The number of nitro benzene ring substituents is 1. The lowest BCUT2D eigenvalue weighted by Gasteiger charge is -2.37. The molecule has 2 aromatic carbocycles. The average molecular weight is 426 g/mol. The van der Waals surface area contributed by atoms with Gasteiger partial charge in [0.25, 0.3) is 5.69 Å². The summed E-state index contributed by atoms with van der Waals surface area (Å²) in [7, 11) is -3.49. The van der Waals surface area contributed by atoms with Crippen LogP contribution in [0, 0.1) is 16.0 Å². The number of rotatable bonds is 4. The lowest BCUT2D eigenvalue weighted by Crippen LogP contribution is -2.31. The summed E-state index contributed by atoms with van der Waals surface area (Å²) < 4.78 is 27.6. The van der Waals surface area contributed by atoms with Crippen LogP contribution in [-0.4, -0.2) is 30.7 Å². The van der Waals surface area contributed by atoms with Crippen LogP contribution in [0.15, 0.2) is 59.5 Å². The van der Waals surface area contributed by atoms with E-state index in [2.05, 4.69) is 17.5 Å². The molecule has 7 nitrogen and oxygen atoms in total. The second-order valence-electron chi connectivity index (χ2n) is 8.15. The fourth-order valence-corrected chi connectivity index (χ4v) is 6.59. The van der Waals surface area contributed by atoms with Gasteiger partial charge in [0.15, 0.2) is 0 Å². The van der Waals surface area contributed by atoms with Gasteiger partial charge in [0.1, 0.15) is 0 Å². The molecule has 1 fully saturated rings. The predicted molar refractivity (Wildman–Crippen MR) is 114 cm³/mol. The van der Waals surface area contributed by atoms with Crippen LogP contribution < -0.4 is 5.32 Å². The Kier molecular flexibility index (Phi) is 4.63. The Morgan fingerprint density at radius 3 is 2.60 bits per heavy atom. The van der Waals surface area contributed by atoms with Crippen molar-refractivity contribution < 1.29 is 13.3 Å². The van der Waals surface area contributed by atoms with Gasteiger partial charge in [-0.3, -0.25) is 10.1 Å². The lowest BCUT2D eigenvalue weighted by atomic mass is 9.76. The summed E-state index contributed by atoms with van der Waals surface area (Å²) in [6.45, 7) is 1.15. The second kappa shape index (κ2) is 7.21. The molecule has 2 heterocycles. The van der Waals surface area contributed by atoms with Crippen LogP contribution in [0.25, 0.3) is 0 Å². The molecule has 2 aromatic rings. The van der Waals surface area contributed by atoms with Gasteiger partial charge in [-0.1, -0.05) is 30.4 Å². The highest BCUT2D eigenvalue weighted by atomic mass is 32.2. The molecular formula is C22H23N3O4S. The monoisotopic (exact) mass is 425 g/mol. The highest BCUT2D eigenvalue weighted by molar-refractivity contribution is 7.89. The van der Waals surface area contributed by atoms with E-state index >= 15 is 0 Å². The molecule has 3 aliphatic rings. The number of allylic oxidation sites excluding steroid dienone is 2. The number of sulfonamides is 1. The van der Waals surface area contributed by atoms with Gasteiger partial charge in [-0.2, -0.15) is 4.31 Å². The maximum Gasteiger partial charge on any atom is 0.274 e. The first-order valence-corrected chi connectivity index (χ1v) is 11.7. The number of benzene rings is 2. The van der Waals surface area contributed by atoms with Crippen molar-refractivity contribution in [2.45, 2.75) is 36.1 Å². The third-order valence-corrected chi connectivity index (χ3v) is 8.40. The Bertz CT molecular complexity index is 1140. The predicted octanol–water partition coefficient (Wildman–Crippen LogP) is 4.21. The molecule has 8 heteroatoms. The number of para-hydroxylation sites is 1. The molecule has 0 spiro atoms. The fourth-order valence-electron chi connectivity index (χ4n) is 5.04. The van der Waals surface area contributed by atoms with E-state index in [4.69, 9.17) is 0 Å². The topological polar surface area (TPSA) is 92.5 Å². The zero-order chi connectivity index (χ0) is 20.9. The van der Waals surface area contributed by atoms with E-state index in [-0.39, 0.29) is 28.5 Å². The van der Waals surface area contributed by atoms with E-state index in [0.717, 1.165) is 30.5 Å². The van der Waals surface area contributed by atoms with Crippen molar-refractivity contribution in [1.29, 1.82) is 0 Å². The van der Waals surface area contributed by atoms with E-state index in [1.54, 1.807) is 22.5 Å². The molecule has 1 N–H and O–H groups in total. The number of hydrogen-bond donors (Lipinski definition) is 1. The maximum atomic E-state index is 13.0. The van der Waals surface area contributed by atoms with Gasteiger partial charge < -0.3 is 5.32 Å². The molecule has 156 valence electrons. The lowest BCUT2D eigenvalue weighted by molar-refractivity contribution is -0.385. The van der Waals surface area contributed by atoms with Gasteiger partial charge in [-0.05, 0) is 48.9 Å². The van der Waals surface area contributed by atoms with Crippen molar-refractivity contribution in [3.05, 3.63) is 75.9 Å². The molecular weight excluding hydrogens is 402 g/mol. The summed E-state index contributed by atoms with van der Waals surface area (Å²) in [5, 5.41) is 15.0. The summed E-state index contributed by atoms with van der Waals surface area (Å²) >= 11 is 0. The molecule has 0 radical (unpaired) electrons. The molecule has 5 rings (SSSR count). The molecule has 0 amide bonds. The minimum absolute atomic E-state index is 0.0276. The highest BCUT2D eigenvalue weighted by Gasteiger charge is 2.41. The molecule has 2 aliphatic heterocycles. The van der Waals surface area contributed by atoms with Crippen molar-refractivity contribution in [2.24, 2.45) is 5.92 Å². The molecule has 0 saturated carbocycles. The standard InChI is InChI=1S/C22H23N3O4S/c26-25(27)21-9-2-1-6-18(21)22-17-8-5-7-16(17)19-14-15(10-11-20(19)23-22)30(28,29)24-12-3-4-13-24/h1-2,5-7,9-11,14,16-17,22-23H,3-4,8,12-13H2. The summed E-state index contributed by atoms with van der Waals surface area (Å²) in [5.74, 6) is 0.128. The van der Waals surface area contributed by atoms with E-state index in [0.29, 0.717) is 23.5 Å². The first-order valence-electron chi connectivity index (χ1n) is 10.3. The minimum atomic E-state index is -3.49. The van der Waals surface area contributed by atoms with Gasteiger partial charge >= 0.3 is 0 Å². The van der Waals surface area contributed by atoms with E-state index in [9.17, 15) is 18.5 Å². The Labute approximate surface area is 175 Å². The third kappa shape index (κ3) is 3.02. The SMILES string of the molecule is O=[N+]([O-])c1ccccc1C1Nc2ccc(S(=O)(=O)N3CCCC3)cc2C2C=CCC21. The van der Waals surface area contributed by atoms with Crippen molar-refractivity contribution >= 4 is 21.4 Å². The van der Waals surface area contributed by atoms with Gasteiger partial charge in [0, 0.05) is 30.8 Å². The first-order chi connectivity index (χ1) is 14.5. The van der Waals surface area contributed by atoms with Crippen LogP contribution in [-0.2, 0) is 10.0 Å². The van der Waals surface area contributed by atoms with Crippen LogP contribution in [0.2, 0.25) is 0 Å². The zero-order valence-electron chi connectivity index (χ0n) is 16.4. The number of anilines is 1. The largest absolute Gasteiger partial charge is 0.377 e. The Balaban J connectivity index is 1.56. The summed E-state index contributed by atoms with van der Waals surface area (Å²) in [6, 6.07) is 11.9. The van der Waals surface area contributed by atoms with Crippen LogP contribution in [0.3, 0.4) is 0 Å². The van der Waals surface area contributed by atoms with Crippen molar-refractivity contribution in [2.75, 3.05) is 18.4 Å². The third-order valence-electron chi connectivity index (χ3n) is 6.51. The molecule has 1 saturated heterocycles. The fraction of sp³-hybridized carbons (Fsp3) is 0.364. The smallest absolute Gasteiger partial charge is 0.274 e. The zero-order valence-corrected chi connectivity index (χ0v) is 17.2. The van der Waals surface area contributed by atoms with E-state index in [1.165, 1.54) is 6.07 Å². The summed E-state index contributed by atoms with van der Waals surface area (Å²) in [4.78, 5) is 11.6. The first kappa shape index (κ1) is 19.3. The maximum absolute atomic E-state index is 13.0. The van der Waals surface area contributed by atoms with E-state index in [1.807, 2.05) is 18.2 Å². The number of nitro groups is 1. The summed E-state index contributed by atoms with van der Waals surface area (Å²) in [6.07, 6.45) is 6.79. The van der Waals surface area contributed by atoms with Gasteiger partial charge in [-0.25, -0.2) is 8.42 Å². The van der Waals surface area contributed by atoms with Gasteiger partial charge in [-0.15, -0.1) is 0 Å². The molecule has 30 heavy (non-hydrogen) atoms. The second-order valence-corrected chi connectivity index (χ2v) is 10.1. The molecule has 0 bridgehead atoms. The minimum Gasteiger partial charge on any atom is -0.377 e. The Morgan fingerprint density at radius 2 is 1.83 bits per heavy atom. The molecule has 0 aromatic heterocycles. The Hall–Kier alpha value is -2.71. The average Bonchev–Trinajstić information content (AvgIpc) is 3.45. The molecule has 3 unspecified atom stereocenters. The normalized spacial score (nSPS) is 25.5. The van der Waals surface area contributed by atoms with Crippen LogP contribution in [0.1, 0.15) is 42.3 Å². The van der Waals surface area contributed by atoms with Crippen LogP contribution in [0.5, 0.6) is 0 Å². The van der Waals surface area contributed by atoms with Gasteiger partial charge in [0.05, 0.1) is 21.4 Å². The van der Waals surface area contributed by atoms with Crippen molar-refractivity contribution in [3.63, 3.8) is 0 Å².